The van der Waals surface area contributed by atoms with Crippen LogP contribution in [0.15, 0.2) is 182 Å². The van der Waals surface area contributed by atoms with Crippen molar-refractivity contribution in [1.82, 2.24) is 10.6 Å². The standard InChI is InChI=1S/C21H26O2.2C15H21NO7S.C13H16O12S2.C13H16O8S/c1-3-8-18(9-4-1)15-22-16-20-12-7-13-21(14-20)23-17-19-10-5-2-6-11-19;2*1-11(17)16-14-10-21-13(9-23-24(18,19)20)7-15(14)22-8-12-5-3-2-4-6-12;14-13(15)12-11(22-26-25-24-16)10(9(7-21-12)23-27(17,18)19)20-6-8-4-2-1-3-5-8;14-13(15)11-6-10(12(8-20-11)21-22(16,17)18)19-7-9-4-2-1-3-5-9/h1-6,8-11,20-21H,7,12-17H2;2*2-6,13-15H,7-10H2,1H3,(H,16,17)(H,18,19,20);1-5,9-12,16H,6-7H2,(H,14,15)(H,17,18,19);1-5,10-12H,6-8H2,(H,14,15)(H,16,17,18)/p-7/t20?,21-;2*13?,14?,15-;9?,10-,11+,12?;10-,11?,12?/m01101/s1. The summed E-state index contributed by atoms with van der Waals surface area (Å²) in [7, 11) is -19.7. The number of nitrogens with one attached hydrogen (secondary N) is 2. The number of benzene rings is 6. The molecule has 15 atom stereocenters. The molecule has 0 radical (unpaired) electrons. The average molecular weight is 1780 g/mol. The maximum absolute atomic E-state index is 11.3. The van der Waals surface area contributed by atoms with E-state index in [-0.39, 0.29) is 101 Å². The summed E-state index contributed by atoms with van der Waals surface area (Å²) in [6, 6.07) is 56.7. The number of ether oxygens (including phenoxy) is 10. The number of amides is 2. The largest absolute Gasteiger partial charge is 0.726 e. The fourth-order valence-electron chi connectivity index (χ4n) is 12.7. The van der Waals surface area contributed by atoms with Gasteiger partial charge >= 0.3 is 0 Å². The molecular weight excluding hydrogens is 1690 g/mol. The van der Waals surface area contributed by atoms with Crippen molar-refractivity contribution in [2.24, 2.45) is 5.92 Å². The van der Waals surface area contributed by atoms with Crippen molar-refractivity contribution < 1.29 is 164 Å². The normalized spacial score (nSPS) is 24.4. The van der Waals surface area contributed by atoms with Gasteiger partial charge < -0.3 is 101 Å². The van der Waals surface area contributed by atoms with Gasteiger partial charge in [0.15, 0.2) is 12.3 Å². The molecule has 5 fully saturated rings. The fraction of sp³-hybridized carbons (Fsp3) is 0.481. The van der Waals surface area contributed by atoms with Crippen LogP contribution < -0.4 is 26.1 Å². The molecule has 0 aromatic heterocycles. The first-order valence-electron chi connectivity index (χ1n) is 37.3. The zero-order valence-electron chi connectivity index (χ0n) is 64.9. The van der Waals surface area contributed by atoms with Crippen LogP contribution in [0.3, 0.4) is 0 Å². The van der Waals surface area contributed by atoms with Crippen LogP contribution in [0.2, 0.25) is 0 Å². The molecule has 1 aliphatic carbocycles. The average Bonchev–Trinajstić information content (AvgIpc) is 0.783. The number of rotatable bonds is 37. The van der Waals surface area contributed by atoms with Crippen LogP contribution in [0.25, 0.3) is 0 Å². The summed E-state index contributed by atoms with van der Waals surface area (Å²) >= 11 is -0.0426. The lowest BCUT2D eigenvalue weighted by Gasteiger charge is -2.41. The summed E-state index contributed by atoms with van der Waals surface area (Å²) in [4.78, 5) is 44.7. The van der Waals surface area contributed by atoms with Crippen LogP contribution in [-0.4, -0.2) is 207 Å². The third-order valence-corrected chi connectivity index (χ3v) is 20.4. The first-order chi connectivity index (χ1) is 57.2. The minimum absolute atomic E-state index is 0.0426. The molecule has 9 unspecified atom stereocenters. The van der Waals surface area contributed by atoms with Crippen LogP contribution in [0.1, 0.15) is 92.2 Å². The maximum Gasteiger partial charge on any atom is 0.218 e. The van der Waals surface area contributed by atoms with Crippen LogP contribution in [0, 0.1) is 5.92 Å². The molecule has 2 N–H and O–H groups in total. The number of hydrogen-bond acceptors (Lipinski definition) is 37. The monoisotopic (exact) mass is 1780 g/mol. The molecular formula is C77H93N2O36S5-7. The van der Waals surface area contributed by atoms with Crippen molar-refractivity contribution in [1.29, 1.82) is 0 Å². The summed E-state index contributed by atoms with van der Waals surface area (Å²) in [6.45, 7) is 4.33. The minimum Gasteiger partial charge on any atom is -0.726 e. The fourth-order valence-corrected chi connectivity index (χ4v) is 14.6. The minimum atomic E-state index is -5.17. The van der Waals surface area contributed by atoms with Crippen molar-refractivity contribution >= 4 is 77.7 Å². The molecule has 6 aromatic rings. The number of carboxylic acids is 2. The molecule has 6 aromatic carbocycles. The van der Waals surface area contributed by atoms with E-state index in [0.717, 1.165) is 36.3 Å². The molecule has 38 nitrogen and oxygen atoms in total. The molecule has 1 saturated carbocycles. The molecule has 0 spiro atoms. The predicted octanol–water partition coefficient (Wildman–Crippen LogP) is 2.36. The third-order valence-electron chi connectivity index (χ3n) is 18.2. The van der Waals surface area contributed by atoms with Gasteiger partial charge in [-0.25, -0.2) is 33.7 Å². The van der Waals surface area contributed by atoms with Gasteiger partial charge in [0.2, 0.25) is 53.4 Å². The summed E-state index contributed by atoms with van der Waals surface area (Å²) in [5.74, 6) is -2.94. The number of carbonyl (C=O) groups is 4. The molecule has 4 saturated heterocycles. The molecule has 11 rings (SSSR count). The molecule has 120 heavy (non-hydrogen) atoms. The van der Waals surface area contributed by atoms with E-state index in [9.17, 15) is 86.5 Å². The Balaban J connectivity index is 0.000000207. The van der Waals surface area contributed by atoms with E-state index in [1.54, 1.807) is 54.6 Å². The molecule has 5 aliphatic rings. The second kappa shape index (κ2) is 52.2. The summed E-state index contributed by atoms with van der Waals surface area (Å²) in [5, 5.41) is 40.6. The Morgan fingerprint density at radius 2 is 0.808 bits per heavy atom. The lowest BCUT2D eigenvalue weighted by Crippen LogP contribution is -2.60. The first-order valence-corrected chi connectivity index (χ1v) is 43.3. The Morgan fingerprint density at radius 3 is 1.20 bits per heavy atom. The number of hydrogen-bond donors (Lipinski definition) is 2. The van der Waals surface area contributed by atoms with E-state index in [4.69, 9.17) is 51.6 Å². The van der Waals surface area contributed by atoms with Gasteiger partial charge in [-0.3, -0.25) is 35.5 Å². The highest BCUT2D eigenvalue weighted by atomic mass is 32.3. The van der Waals surface area contributed by atoms with E-state index < -0.39 is 115 Å². The van der Waals surface area contributed by atoms with Gasteiger partial charge in [-0.15, -0.1) is 4.33 Å². The Kier molecular flexibility index (Phi) is 43.3. The first kappa shape index (κ1) is 99.6. The highest BCUT2D eigenvalue weighted by Crippen LogP contribution is 2.31. The third kappa shape index (κ3) is 40.6. The lowest BCUT2D eigenvalue weighted by molar-refractivity contribution is -0.777. The van der Waals surface area contributed by atoms with E-state index in [2.05, 4.69) is 85.3 Å². The van der Waals surface area contributed by atoms with E-state index in [0.29, 0.717) is 50.2 Å². The van der Waals surface area contributed by atoms with Crippen molar-refractivity contribution in [2.75, 3.05) is 46.2 Å². The molecule has 0 bridgehead atoms. The van der Waals surface area contributed by atoms with Crippen LogP contribution in [0.5, 0.6) is 0 Å². The molecule has 664 valence electrons. The van der Waals surface area contributed by atoms with Crippen LogP contribution in [0.4, 0.5) is 0 Å². The quantitative estimate of drug-likeness (QED) is 0.0141. The Bertz CT molecular complexity index is 4320. The van der Waals surface area contributed by atoms with Gasteiger partial charge in [0, 0.05) is 39.7 Å². The highest BCUT2D eigenvalue weighted by Gasteiger charge is 2.46. The van der Waals surface area contributed by atoms with Crippen molar-refractivity contribution in [3.05, 3.63) is 215 Å². The lowest BCUT2D eigenvalue weighted by atomic mass is 9.88. The number of aliphatic carboxylic acids is 2. The van der Waals surface area contributed by atoms with E-state index in [1.807, 2.05) is 78.9 Å². The predicted molar refractivity (Wildman–Crippen MR) is 406 cm³/mol. The zero-order valence-corrected chi connectivity index (χ0v) is 68.9. The van der Waals surface area contributed by atoms with Crippen molar-refractivity contribution in [3.8, 4) is 0 Å². The second-order valence-electron chi connectivity index (χ2n) is 27.4. The van der Waals surface area contributed by atoms with Crippen LogP contribution >= 0.6 is 12.3 Å². The SMILES string of the molecule is CC(=O)NC1COC(COS(=O)(=O)[O-])C[C@H]1OCc1ccccc1.CC(=O)NC1COC(COS(=O)(=O)[O-])C[C@H]1OCc1ccccc1.O=C([O-])C1C[C@@H](OCc2ccccc2)C(OS(=O)(=O)[O-])CO1.O=C([O-])C1OCC(OS(=O)(=O)[O-])[C@H](OCc2ccccc2)[C@H]1OSOO[O-].c1ccc(COCC2CCC[C@H](OCc3ccccc3)C2)cc1. The van der Waals surface area contributed by atoms with Crippen molar-refractivity contribution in [2.45, 2.75) is 184 Å². The van der Waals surface area contributed by atoms with Gasteiger partial charge in [-0.1, -0.05) is 188 Å². The summed E-state index contributed by atoms with van der Waals surface area (Å²) in [5.41, 5.74) is 5.92. The maximum atomic E-state index is 11.3. The van der Waals surface area contributed by atoms with Crippen LogP contribution in [-0.2, 0) is 178 Å². The van der Waals surface area contributed by atoms with Gasteiger partial charge in [0.1, 0.15) is 30.5 Å². The van der Waals surface area contributed by atoms with Gasteiger partial charge in [0.05, 0.1) is 146 Å². The summed E-state index contributed by atoms with van der Waals surface area (Å²) in [6.07, 6.45) is -5.92. The second-order valence-corrected chi connectivity index (χ2v) is 32.0. The zero-order chi connectivity index (χ0) is 86.9. The van der Waals surface area contributed by atoms with E-state index >= 15 is 0 Å². The number of carbonyl (C=O) groups excluding carboxylic acids is 4. The summed E-state index contributed by atoms with van der Waals surface area (Å²) < 4.78 is 210. The van der Waals surface area contributed by atoms with E-state index in [1.165, 1.54) is 44.2 Å². The Hall–Kier alpha value is -7.53. The number of carboxylic acid groups (broad SMARTS) is 2. The van der Waals surface area contributed by atoms with Gasteiger partial charge in [0.25, 0.3) is 0 Å². The molecule has 4 aliphatic heterocycles. The van der Waals surface area contributed by atoms with Gasteiger partial charge in [-0.05, 0) is 58.6 Å². The Labute approximate surface area is 699 Å². The molecule has 2 amide bonds. The smallest absolute Gasteiger partial charge is 0.218 e. The molecule has 4 heterocycles. The van der Waals surface area contributed by atoms with Gasteiger partial charge in [-0.2, -0.15) is 0 Å². The Morgan fingerprint density at radius 1 is 0.417 bits per heavy atom. The van der Waals surface area contributed by atoms with Crippen molar-refractivity contribution in [3.63, 3.8) is 0 Å². The topological polar surface area (TPSA) is 547 Å². The molecule has 43 heteroatoms. The highest BCUT2D eigenvalue weighted by molar-refractivity contribution is 7.89.